The van der Waals surface area contributed by atoms with Crippen LogP contribution in [0.2, 0.25) is 0 Å². The van der Waals surface area contributed by atoms with Crippen molar-refractivity contribution >= 4 is 11.5 Å². The Morgan fingerprint density at radius 3 is 2.56 bits per heavy atom. The largest absolute Gasteiger partial charge is 0.484 e. The molecule has 0 spiro atoms. The number of anilines is 1. The first-order chi connectivity index (χ1) is 15.1. The van der Waals surface area contributed by atoms with Crippen molar-refractivity contribution in [3.05, 3.63) is 39.3 Å². The molecule has 3 heterocycles. The van der Waals surface area contributed by atoms with Crippen LogP contribution in [0.1, 0.15) is 48.7 Å². The Hall–Kier alpha value is -2.89. The highest BCUT2D eigenvalue weighted by Gasteiger charge is 2.36. The summed E-state index contributed by atoms with van der Waals surface area (Å²) in [4.78, 5) is 14.5. The normalized spacial score (nSPS) is 18.6. The van der Waals surface area contributed by atoms with Crippen molar-refractivity contribution in [1.29, 1.82) is 0 Å². The van der Waals surface area contributed by atoms with Gasteiger partial charge in [0, 0.05) is 30.1 Å². The van der Waals surface area contributed by atoms with Crippen molar-refractivity contribution in [2.75, 3.05) is 25.6 Å². The molecule has 9 nitrogen and oxygen atoms in total. The lowest BCUT2D eigenvalue weighted by Gasteiger charge is -2.21. The van der Waals surface area contributed by atoms with Gasteiger partial charge in [-0.25, -0.2) is 0 Å². The van der Waals surface area contributed by atoms with Crippen molar-refractivity contribution in [3.8, 4) is 5.75 Å². The molecule has 1 unspecified atom stereocenters. The number of hydrogen-bond donors (Lipinski definition) is 1. The first kappa shape index (κ1) is 23.8. The lowest BCUT2D eigenvalue weighted by atomic mass is 9.93. The molecule has 1 atom stereocenters. The Balaban J connectivity index is 0.000000207. The summed E-state index contributed by atoms with van der Waals surface area (Å²) in [6.45, 7) is 5.22. The molecule has 12 heteroatoms. The lowest BCUT2D eigenvalue weighted by molar-refractivity contribution is -0.394. The van der Waals surface area contributed by atoms with Crippen LogP contribution >= 0.6 is 0 Å². The number of nitrogens with two attached hydrogens (primary N) is 1. The number of rotatable bonds is 5. The van der Waals surface area contributed by atoms with Gasteiger partial charge < -0.3 is 25.3 Å². The quantitative estimate of drug-likeness (QED) is 0.527. The van der Waals surface area contributed by atoms with Crippen molar-refractivity contribution < 1.29 is 27.6 Å². The summed E-state index contributed by atoms with van der Waals surface area (Å²) in [6, 6.07) is 1.35. The molecule has 2 aliphatic rings. The zero-order valence-electron chi connectivity index (χ0n) is 17.9. The second-order valence-corrected chi connectivity index (χ2v) is 7.98. The van der Waals surface area contributed by atoms with Gasteiger partial charge in [0.05, 0.1) is 18.8 Å². The number of ether oxygens (including phenoxy) is 2. The van der Waals surface area contributed by atoms with E-state index in [1.807, 2.05) is 0 Å². The summed E-state index contributed by atoms with van der Waals surface area (Å²) in [5.74, 6) is 0.654. The SMILES string of the molecule is Cc1cc(N)c(C(F)(F)F)cn1.Cc1nn(C2CCC2)c([N+](=O)[O-])c1OCC1CCOC1. The minimum atomic E-state index is -4.41. The van der Waals surface area contributed by atoms with E-state index >= 15 is 0 Å². The highest BCUT2D eigenvalue weighted by molar-refractivity contribution is 5.47. The van der Waals surface area contributed by atoms with Gasteiger partial charge in [-0.05, 0) is 50.5 Å². The fraction of sp³-hybridized carbons (Fsp3) is 0.600. The molecule has 32 heavy (non-hydrogen) atoms. The third-order valence-corrected chi connectivity index (χ3v) is 5.47. The first-order valence-electron chi connectivity index (χ1n) is 10.3. The fourth-order valence-corrected chi connectivity index (χ4v) is 3.48. The molecule has 2 aromatic heterocycles. The molecule has 2 N–H and O–H groups in total. The molecule has 1 saturated heterocycles. The number of alkyl halides is 3. The maximum absolute atomic E-state index is 12.1. The van der Waals surface area contributed by atoms with Gasteiger partial charge in [0.2, 0.25) is 5.75 Å². The molecular formula is C20H26F3N5O4. The molecule has 0 amide bonds. The zero-order valence-corrected chi connectivity index (χ0v) is 17.9. The number of nitro groups is 1. The van der Waals surface area contributed by atoms with E-state index in [4.69, 9.17) is 15.2 Å². The highest BCUT2D eigenvalue weighted by atomic mass is 19.4. The van der Waals surface area contributed by atoms with Crippen LogP contribution in [0.15, 0.2) is 12.3 Å². The Bertz CT molecular complexity index is 953. The van der Waals surface area contributed by atoms with Gasteiger partial charge in [0.15, 0.2) is 0 Å². The van der Waals surface area contributed by atoms with Crippen molar-refractivity contribution in [2.45, 2.75) is 51.7 Å². The molecule has 2 aromatic rings. The van der Waals surface area contributed by atoms with Crippen LogP contribution in [0.25, 0.3) is 0 Å². The van der Waals surface area contributed by atoms with Crippen LogP contribution in [-0.4, -0.2) is 39.5 Å². The Kier molecular flexibility index (Phi) is 7.22. The van der Waals surface area contributed by atoms with Crippen molar-refractivity contribution in [1.82, 2.24) is 14.8 Å². The van der Waals surface area contributed by atoms with Crippen LogP contribution < -0.4 is 10.5 Å². The summed E-state index contributed by atoms with van der Waals surface area (Å²) in [5.41, 5.74) is 5.06. The number of nitrogens with zero attached hydrogens (tertiary/aromatic N) is 4. The van der Waals surface area contributed by atoms with Gasteiger partial charge in [-0.15, -0.1) is 4.68 Å². The van der Waals surface area contributed by atoms with Gasteiger partial charge in [-0.1, -0.05) is 5.10 Å². The smallest absolute Gasteiger partial charge is 0.419 e. The molecule has 0 bridgehead atoms. The Morgan fingerprint density at radius 2 is 2.06 bits per heavy atom. The van der Waals surface area contributed by atoms with Crippen LogP contribution in [0.4, 0.5) is 24.7 Å². The van der Waals surface area contributed by atoms with E-state index in [0.29, 0.717) is 36.3 Å². The number of halogens is 3. The average molecular weight is 457 g/mol. The Labute approximate surface area is 182 Å². The van der Waals surface area contributed by atoms with Gasteiger partial charge >= 0.3 is 12.0 Å². The third kappa shape index (κ3) is 5.47. The van der Waals surface area contributed by atoms with E-state index in [2.05, 4.69) is 10.1 Å². The summed E-state index contributed by atoms with van der Waals surface area (Å²) >= 11 is 0. The second kappa shape index (κ2) is 9.72. The van der Waals surface area contributed by atoms with E-state index in [9.17, 15) is 23.3 Å². The number of aromatic nitrogens is 3. The molecule has 2 fully saturated rings. The molecule has 0 aromatic carbocycles. The molecule has 0 radical (unpaired) electrons. The van der Waals surface area contributed by atoms with Crippen molar-refractivity contribution in [2.24, 2.45) is 5.92 Å². The maximum Gasteiger partial charge on any atom is 0.419 e. The van der Waals surface area contributed by atoms with E-state index < -0.39 is 11.7 Å². The molecule has 1 aliphatic carbocycles. The topological polar surface area (TPSA) is 118 Å². The summed E-state index contributed by atoms with van der Waals surface area (Å²) in [6.07, 6.45) is 0.297. The molecular weight excluding hydrogens is 431 g/mol. The summed E-state index contributed by atoms with van der Waals surface area (Å²) in [5, 5.41) is 15.7. The van der Waals surface area contributed by atoms with Crippen LogP contribution in [0.5, 0.6) is 5.75 Å². The number of hydrogen-bond acceptors (Lipinski definition) is 7. The monoisotopic (exact) mass is 457 g/mol. The maximum atomic E-state index is 12.1. The van der Waals surface area contributed by atoms with E-state index in [-0.39, 0.29) is 22.5 Å². The molecule has 1 aliphatic heterocycles. The predicted molar refractivity (Wildman–Crippen MR) is 109 cm³/mol. The highest BCUT2D eigenvalue weighted by Crippen LogP contribution is 2.40. The minimum absolute atomic E-state index is 0.00566. The van der Waals surface area contributed by atoms with Gasteiger partial charge in [-0.3, -0.25) is 4.98 Å². The number of nitrogen functional groups attached to an aromatic ring is 1. The summed E-state index contributed by atoms with van der Waals surface area (Å²) < 4.78 is 48.7. The van der Waals surface area contributed by atoms with E-state index in [0.717, 1.165) is 38.5 Å². The molecule has 1 saturated carbocycles. The Morgan fingerprint density at radius 1 is 1.34 bits per heavy atom. The lowest BCUT2D eigenvalue weighted by Crippen LogP contribution is -2.20. The molecule has 176 valence electrons. The standard InChI is InChI=1S/C13H19N3O4.C7H7F3N2/c1-9-12(20-8-10-5-6-19-7-10)13(16(17)18)15(14-9)11-3-2-4-11;1-4-2-6(11)5(3-12-4)7(8,9)10/h10-11H,2-8H2,1H3;2-3H,1H3,(H2,11,12). The van der Waals surface area contributed by atoms with Gasteiger partial charge in [0.25, 0.3) is 0 Å². The van der Waals surface area contributed by atoms with Crippen LogP contribution in [0.3, 0.4) is 0 Å². The van der Waals surface area contributed by atoms with Crippen LogP contribution in [-0.2, 0) is 10.9 Å². The predicted octanol–water partition coefficient (Wildman–Crippen LogP) is 4.23. The van der Waals surface area contributed by atoms with Gasteiger partial charge in [0.1, 0.15) is 11.7 Å². The third-order valence-electron chi connectivity index (χ3n) is 5.47. The second-order valence-electron chi connectivity index (χ2n) is 7.98. The number of aryl methyl sites for hydroxylation is 2. The molecule has 4 rings (SSSR count). The van der Waals surface area contributed by atoms with E-state index in [1.54, 1.807) is 18.5 Å². The average Bonchev–Trinajstić information content (AvgIpc) is 3.25. The van der Waals surface area contributed by atoms with E-state index in [1.165, 1.54) is 6.07 Å². The minimum Gasteiger partial charge on any atom is -0.484 e. The fourth-order valence-electron chi connectivity index (χ4n) is 3.48. The van der Waals surface area contributed by atoms with Crippen LogP contribution in [0, 0.1) is 29.9 Å². The number of pyridine rings is 1. The summed E-state index contributed by atoms with van der Waals surface area (Å²) in [7, 11) is 0. The first-order valence-corrected chi connectivity index (χ1v) is 10.3. The van der Waals surface area contributed by atoms with Crippen molar-refractivity contribution in [3.63, 3.8) is 0 Å². The zero-order chi connectivity index (χ0) is 23.5. The van der Waals surface area contributed by atoms with Gasteiger partial charge in [-0.2, -0.15) is 13.2 Å².